The zero-order valence-electron chi connectivity index (χ0n) is 12.1. The third kappa shape index (κ3) is 2.68. The van der Waals surface area contributed by atoms with Crippen LogP contribution in [0.5, 0.6) is 0 Å². The SMILES string of the molecule is CN(Cc1cccc(N)c1)c1nc2c(cc1C#N)CCC2. The van der Waals surface area contributed by atoms with Crippen LogP contribution in [0, 0.1) is 11.3 Å². The number of pyridine rings is 1. The van der Waals surface area contributed by atoms with Crippen molar-refractivity contribution in [3.8, 4) is 6.07 Å². The third-order valence-electron chi connectivity index (χ3n) is 3.88. The van der Waals surface area contributed by atoms with Crippen LogP contribution in [0.2, 0.25) is 0 Å². The van der Waals surface area contributed by atoms with Gasteiger partial charge in [-0.1, -0.05) is 12.1 Å². The Kier molecular flexibility index (Phi) is 3.49. The van der Waals surface area contributed by atoms with E-state index in [1.807, 2.05) is 42.3 Å². The summed E-state index contributed by atoms with van der Waals surface area (Å²) < 4.78 is 0. The Bertz CT molecular complexity index is 715. The fraction of sp³-hybridized carbons (Fsp3) is 0.294. The first-order chi connectivity index (χ1) is 10.2. The highest BCUT2D eigenvalue weighted by Gasteiger charge is 2.18. The van der Waals surface area contributed by atoms with E-state index in [2.05, 4.69) is 6.07 Å². The first-order valence-electron chi connectivity index (χ1n) is 7.16. The summed E-state index contributed by atoms with van der Waals surface area (Å²) in [4.78, 5) is 6.73. The molecule has 0 atom stereocenters. The van der Waals surface area contributed by atoms with E-state index >= 15 is 0 Å². The Morgan fingerprint density at radius 2 is 2.19 bits per heavy atom. The molecule has 1 aromatic heterocycles. The van der Waals surface area contributed by atoms with Crippen LogP contribution in [0.25, 0.3) is 0 Å². The van der Waals surface area contributed by atoms with E-state index in [4.69, 9.17) is 10.7 Å². The van der Waals surface area contributed by atoms with Crippen molar-refractivity contribution in [2.45, 2.75) is 25.8 Å². The van der Waals surface area contributed by atoms with Crippen LogP contribution in [0.3, 0.4) is 0 Å². The van der Waals surface area contributed by atoms with Crippen LogP contribution in [0.15, 0.2) is 30.3 Å². The molecule has 0 bridgehead atoms. The normalized spacial score (nSPS) is 12.8. The molecule has 0 fully saturated rings. The molecule has 1 aliphatic rings. The minimum Gasteiger partial charge on any atom is -0.399 e. The van der Waals surface area contributed by atoms with Gasteiger partial charge in [0.15, 0.2) is 0 Å². The van der Waals surface area contributed by atoms with Gasteiger partial charge in [0.05, 0.1) is 5.56 Å². The smallest absolute Gasteiger partial charge is 0.146 e. The second kappa shape index (κ2) is 5.45. The maximum atomic E-state index is 9.37. The van der Waals surface area contributed by atoms with Gasteiger partial charge in [0.1, 0.15) is 11.9 Å². The topological polar surface area (TPSA) is 65.9 Å². The zero-order valence-corrected chi connectivity index (χ0v) is 12.1. The zero-order chi connectivity index (χ0) is 14.8. The Balaban J connectivity index is 1.91. The Hall–Kier alpha value is -2.54. The number of rotatable bonds is 3. The first kappa shape index (κ1) is 13.4. The molecule has 0 saturated heterocycles. The Labute approximate surface area is 124 Å². The van der Waals surface area contributed by atoms with Crippen molar-refractivity contribution in [1.82, 2.24) is 4.98 Å². The van der Waals surface area contributed by atoms with Crippen molar-refractivity contribution in [3.05, 3.63) is 52.7 Å². The molecule has 0 saturated carbocycles. The number of nitrogens with two attached hydrogens (primary N) is 1. The summed E-state index contributed by atoms with van der Waals surface area (Å²) in [6.45, 7) is 0.686. The molecule has 0 unspecified atom stereocenters. The molecule has 106 valence electrons. The lowest BCUT2D eigenvalue weighted by molar-refractivity contribution is 0.872. The quantitative estimate of drug-likeness (QED) is 0.877. The molecule has 0 spiro atoms. The van der Waals surface area contributed by atoms with E-state index in [9.17, 15) is 5.26 Å². The van der Waals surface area contributed by atoms with Gasteiger partial charge in [-0.25, -0.2) is 4.98 Å². The van der Waals surface area contributed by atoms with E-state index in [1.165, 1.54) is 5.56 Å². The van der Waals surface area contributed by atoms with Crippen LogP contribution in [0.4, 0.5) is 11.5 Å². The molecule has 3 rings (SSSR count). The van der Waals surface area contributed by atoms with E-state index in [0.29, 0.717) is 12.1 Å². The molecule has 0 amide bonds. The van der Waals surface area contributed by atoms with Gasteiger partial charge in [0.2, 0.25) is 0 Å². The van der Waals surface area contributed by atoms with Crippen LogP contribution < -0.4 is 10.6 Å². The number of benzene rings is 1. The highest BCUT2D eigenvalue weighted by molar-refractivity contribution is 5.57. The minimum atomic E-state index is 0.655. The second-order valence-electron chi connectivity index (χ2n) is 5.53. The summed E-state index contributed by atoms with van der Waals surface area (Å²) in [7, 11) is 1.97. The van der Waals surface area contributed by atoms with Gasteiger partial charge < -0.3 is 10.6 Å². The van der Waals surface area contributed by atoms with Crippen LogP contribution in [-0.2, 0) is 19.4 Å². The van der Waals surface area contributed by atoms with Gasteiger partial charge in [-0.3, -0.25) is 0 Å². The number of nitrogen functional groups attached to an aromatic ring is 1. The van der Waals surface area contributed by atoms with Crippen LogP contribution in [0.1, 0.15) is 28.8 Å². The molecular formula is C17H18N4. The molecule has 0 aliphatic heterocycles. The maximum Gasteiger partial charge on any atom is 0.146 e. The number of hydrogen-bond donors (Lipinski definition) is 1. The molecule has 21 heavy (non-hydrogen) atoms. The van der Waals surface area contributed by atoms with Crippen molar-refractivity contribution in [2.24, 2.45) is 0 Å². The summed E-state index contributed by atoms with van der Waals surface area (Å²) in [5, 5.41) is 9.37. The van der Waals surface area contributed by atoms with Crippen molar-refractivity contribution >= 4 is 11.5 Å². The van der Waals surface area contributed by atoms with Crippen LogP contribution in [-0.4, -0.2) is 12.0 Å². The van der Waals surface area contributed by atoms with Crippen molar-refractivity contribution < 1.29 is 0 Å². The Morgan fingerprint density at radius 3 is 2.95 bits per heavy atom. The van der Waals surface area contributed by atoms with E-state index in [-0.39, 0.29) is 0 Å². The maximum absolute atomic E-state index is 9.37. The van der Waals surface area contributed by atoms with Crippen molar-refractivity contribution in [3.63, 3.8) is 0 Å². The fourth-order valence-corrected chi connectivity index (χ4v) is 2.87. The summed E-state index contributed by atoms with van der Waals surface area (Å²) in [5.41, 5.74) is 10.7. The highest BCUT2D eigenvalue weighted by Crippen LogP contribution is 2.27. The lowest BCUT2D eigenvalue weighted by atomic mass is 10.1. The molecule has 1 heterocycles. The number of nitriles is 1. The molecular weight excluding hydrogens is 260 g/mol. The van der Waals surface area contributed by atoms with Crippen molar-refractivity contribution in [2.75, 3.05) is 17.7 Å². The standard InChI is InChI=1S/C17H18N4/c1-21(11-12-4-2-6-15(19)8-12)17-14(10-18)9-13-5-3-7-16(13)20-17/h2,4,6,8-9H,3,5,7,11,19H2,1H3. The van der Waals surface area contributed by atoms with Crippen LogP contribution >= 0.6 is 0 Å². The van der Waals surface area contributed by atoms with Gasteiger partial charge in [-0.2, -0.15) is 5.26 Å². The summed E-state index contributed by atoms with van der Waals surface area (Å²) in [6.07, 6.45) is 3.19. The van der Waals surface area contributed by atoms with Gasteiger partial charge >= 0.3 is 0 Å². The lowest BCUT2D eigenvalue weighted by Crippen LogP contribution is -2.19. The summed E-state index contributed by atoms with van der Waals surface area (Å²) in [5.74, 6) is 0.764. The number of fused-ring (bicyclic) bond motifs is 1. The average molecular weight is 278 g/mol. The molecule has 2 N–H and O–H groups in total. The number of anilines is 2. The van der Waals surface area contributed by atoms with E-state index in [1.54, 1.807) is 0 Å². The predicted molar refractivity (Wildman–Crippen MR) is 83.9 cm³/mol. The average Bonchev–Trinajstić information content (AvgIpc) is 2.93. The molecule has 2 aromatic rings. The second-order valence-corrected chi connectivity index (χ2v) is 5.53. The molecule has 4 heteroatoms. The number of nitrogens with zero attached hydrogens (tertiary/aromatic N) is 3. The first-order valence-corrected chi connectivity index (χ1v) is 7.16. The summed E-state index contributed by atoms with van der Waals surface area (Å²) >= 11 is 0. The van der Waals surface area contributed by atoms with Gasteiger partial charge in [-0.15, -0.1) is 0 Å². The fourth-order valence-electron chi connectivity index (χ4n) is 2.87. The minimum absolute atomic E-state index is 0.655. The molecule has 0 radical (unpaired) electrons. The van der Waals surface area contributed by atoms with E-state index in [0.717, 1.165) is 42.0 Å². The highest BCUT2D eigenvalue weighted by atomic mass is 15.2. The van der Waals surface area contributed by atoms with Crippen molar-refractivity contribution in [1.29, 1.82) is 5.26 Å². The number of aromatic nitrogens is 1. The van der Waals surface area contributed by atoms with Gasteiger partial charge in [0, 0.05) is 25.0 Å². The molecule has 4 nitrogen and oxygen atoms in total. The van der Waals surface area contributed by atoms with E-state index < -0.39 is 0 Å². The Morgan fingerprint density at radius 1 is 1.33 bits per heavy atom. The lowest BCUT2D eigenvalue weighted by Gasteiger charge is -2.20. The molecule has 1 aromatic carbocycles. The van der Waals surface area contributed by atoms with Gasteiger partial charge in [-0.05, 0) is 48.6 Å². The number of aryl methyl sites for hydroxylation is 2. The number of hydrogen-bond acceptors (Lipinski definition) is 4. The third-order valence-corrected chi connectivity index (χ3v) is 3.88. The van der Waals surface area contributed by atoms with Gasteiger partial charge in [0.25, 0.3) is 0 Å². The summed E-state index contributed by atoms with van der Waals surface area (Å²) in [6, 6.07) is 12.1. The largest absolute Gasteiger partial charge is 0.399 e. The monoisotopic (exact) mass is 278 g/mol. The molecule has 1 aliphatic carbocycles. The predicted octanol–water partition coefficient (Wildman–Crippen LogP) is 2.66.